The molecule has 0 unspecified atom stereocenters. The first-order chi connectivity index (χ1) is 20.7. The lowest BCUT2D eigenvalue weighted by atomic mass is 9.95. The molecule has 1 saturated heterocycles. The van der Waals surface area contributed by atoms with Gasteiger partial charge in [0.05, 0.1) is 5.69 Å². The van der Waals surface area contributed by atoms with Crippen LogP contribution in [0.3, 0.4) is 0 Å². The second kappa shape index (κ2) is 11.6. The topological polar surface area (TPSA) is 135 Å². The van der Waals surface area contributed by atoms with E-state index in [9.17, 15) is 0 Å². The van der Waals surface area contributed by atoms with Gasteiger partial charge >= 0.3 is 0 Å². The molecule has 208 valence electrons. The number of aromatic nitrogens is 8. The lowest BCUT2D eigenvalue weighted by molar-refractivity contribution is 0.202. The molecule has 0 amide bonds. The molecule has 4 aromatic heterocycles. The lowest BCUT2D eigenvalue weighted by Gasteiger charge is -2.30. The number of H-pyrrole nitrogens is 1. The van der Waals surface area contributed by atoms with E-state index < -0.39 is 0 Å². The largest absolute Gasteiger partial charge is 0.374 e. The Bertz CT molecular complexity index is 1780. The van der Waals surface area contributed by atoms with Crippen LogP contribution in [0.4, 0.5) is 5.13 Å². The molecule has 5 heterocycles. The fourth-order valence-corrected chi connectivity index (χ4v) is 5.88. The molecule has 0 atom stereocenters. The number of hydrogen-bond donors (Lipinski definition) is 2. The summed E-state index contributed by atoms with van der Waals surface area (Å²) < 4.78 is 0. The minimum absolute atomic E-state index is 0.375. The quantitative estimate of drug-likeness (QED) is 0.255. The average molecular weight is 573 g/mol. The number of benzene rings is 2. The first-order valence-electron chi connectivity index (χ1n) is 13.9. The highest BCUT2D eigenvalue weighted by Gasteiger charge is 2.24. The van der Waals surface area contributed by atoms with Crippen molar-refractivity contribution in [1.82, 2.24) is 45.2 Å². The SMILES string of the molecule is Nc1nnc(-c2ncc(-c3ccccc3)c(-c3ccc(CN4CCC(c5nnc(-c6ccccn6)[nH]5)CC4)cc3)n2)s1. The number of piperidine rings is 1. The monoisotopic (exact) mass is 572 g/mol. The molecule has 0 saturated carbocycles. The van der Waals surface area contributed by atoms with Crippen LogP contribution in [0, 0.1) is 0 Å². The lowest BCUT2D eigenvalue weighted by Crippen LogP contribution is -2.32. The van der Waals surface area contributed by atoms with Gasteiger partial charge < -0.3 is 10.7 Å². The van der Waals surface area contributed by atoms with Gasteiger partial charge in [-0.1, -0.05) is 72.0 Å². The van der Waals surface area contributed by atoms with Crippen LogP contribution < -0.4 is 5.73 Å². The zero-order valence-electron chi connectivity index (χ0n) is 22.8. The van der Waals surface area contributed by atoms with Crippen molar-refractivity contribution < 1.29 is 0 Å². The highest BCUT2D eigenvalue weighted by atomic mass is 32.1. The molecular formula is C31H28N10S. The molecule has 11 heteroatoms. The number of nitrogens with two attached hydrogens (primary N) is 1. The third kappa shape index (κ3) is 5.52. The Morgan fingerprint density at radius 1 is 0.833 bits per heavy atom. The zero-order chi connectivity index (χ0) is 28.3. The number of anilines is 1. The number of likely N-dealkylation sites (tertiary alicyclic amines) is 1. The smallest absolute Gasteiger partial charge is 0.203 e. The number of rotatable bonds is 7. The van der Waals surface area contributed by atoms with Gasteiger partial charge in [0.15, 0.2) is 16.7 Å². The molecule has 0 radical (unpaired) electrons. The number of nitrogens with one attached hydrogen (secondary N) is 1. The van der Waals surface area contributed by atoms with E-state index in [1.807, 2.05) is 42.6 Å². The van der Waals surface area contributed by atoms with Crippen LogP contribution in [0.5, 0.6) is 0 Å². The van der Waals surface area contributed by atoms with Crippen molar-refractivity contribution in [3.8, 4) is 44.7 Å². The van der Waals surface area contributed by atoms with Gasteiger partial charge in [-0.2, -0.15) is 0 Å². The summed E-state index contributed by atoms with van der Waals surface area (Å²) in [4.78, 5) is 19.8. The summed E-state index contributed by atoms with van der Waals surface area (Å²) in [5.41, 5.74) is 11.8. The van der Waals surface area contributed by atoms with Gasteiger partial charge in [0.1, 0.15) is 11.5 Å². The van der Waals surface area contributed by atoms with Crippen LogP contribution in [-0.2, 0) is 6.54 Å². The van der Waals surface area contributed by atoms with E-state index in [0.717, 1.165) is 72.2 Å². The van der Waals surface area contributed by atoms with Crippen molar-refractivity contribution >= 4 is 16.5 Å². The van der Waals surface area contributed by atoms with Crippen LogP contribution in [0.1, 0.15) is 30.1 Å². The van der Waals surface area contributed by atoms with Gasteiger partial charge in [-0.25, -0.2) is 9.97 Å². The molecule has 6 aromatic rings. The van der Waals surface area contributed by atoms with E-state index in [1.165, 1.54) is 16.9 Å². The predicted octanol–water partition coefficient (Wildman–Crippen LogP) is 5.47. The van der Waals surface area contributed by atoms with E-state index >= 15 is 0 Å². The maximum atomic E-state index is 5.82. The third-order valence-corrected chi connectivity index (χ3v) is 8.27. The second-order valence-corrected chi connectivity index (χ2v) is 11.3. The van der Waals surface area contributed by atoms with Gasteiger partial charge in [0.25, 0.3) is 0 Å². The van der Waals surface area contributed by atoms with Crippen molar-refractivity contribution in [2.24, 2.45) is 0 Å². The first-order valence-corrected chi connectivity index (χ1v) is 14.7. The standard InChI is InChI=1S/C31H28N10S/c32-31-40-39-30(42-31)29-34-18-24(21-6-2-1-3-7-21)26(35-29)22-11-9-20(10-12-22)19-41-16-13-23(14-17-41)27-36-28(38-37-27)25-8-4-5-15-33-25/h1-12,15,18,23H,13-14,16-17,19H2,(H2,32,40)(H,36,37,38). The van der Waals surface area contributed by atoms with Crippen molar-refractivity contribution in [2.75, 3.05) is 18.8 Å². The average Bonchev–Trinajstić information content (AvgIpc) is 3.72. The minimum atomic E-state index is 0.375. The van der Waals surface area contributed by atoms with Crippen molar-refractivity contribution in [3.05, 3.63) is 96.6 Å². The number of hydrogen-bond acceptors (Lipinski definition) is 10. The van der Waals surface area contributed by atoms with Crippen LogP contribution in [0.15, 0.2) is 85.2 Å². The van der Waals surface area contributed by atoms with Gasteiger partial charge in [-0.05, 0) is 49.2 Å². The van der Waals surface area contributed by atoms with Crippen LogP contribution >= 0.6 is 11.3 Å². The molecule has 0 aliphatic carbocycles. The predicted molar refractivity (Wildman–Crippen MR) is 163 cm³/mol. The normalized spacial score (nSPS) is 14.3. The highest BCUT2D eigenvalue weighted by Crippen LogP contribution is 2.33. The molecule has 10 nitrogen and oxygen atoms in total. The number of pyridine rings is 1. The van der Waals surface area contributed by atoms with Gasteiger partial charge in [-0.15, -0.1) is 20.4 Å². The van der Waals surface area contributed by atoms with Gasteiger partial charge in [0, 0.05) is 36.0 Å². The summed E-state index contributed by atoms with van der Waals surface area (Å²) in [7, 11) is 0. The van der Waals surface area contributed by atoms with Crippen LogP contribution in [0.2, 0.25) is 0 Å². The molecule has 2 aromatic carbocycles. The fraction of sp³-hybridized carbons (Fsp3) is 0.194. The van der Waals surface area contributed by atoms with E-state index in [2.05, 4.69) is 76.6 Å². The van der Waals surface area contributed by atoms with E-state index in [1.54, 1.807) is 6.20 Å². The highest BCUT2D eigenvalue weighted by molar-refractivity contribution is 7.18. The summed E-state index contributed by atoms with van der Waals surface area (Å²) in [5.74, 6) is 2.58. The van der Waals surface area contributed by atoms with Crippen molar-refractivity contribution in [3.63, 3.8) is 0 Å². The summed E-state index contributed by atoms with van der Waals surface area (Å²) >= 11 is 1.28. The molecule has 0 spiro atoms. The molecule has 1 aliphatic heterocycles. The molecule has 1 aliphatic rings. The summed E-state index contributed by atoms with van der Waals surface area (Å²) in [6, 6.07) is 24.7. The first kappa shape index (κ1) is 26.1. The maximum Gasteiger partial charge on any atom is 0.203 e. The second-order valence-electron chi connectivity index (χ2n) is 10.3. The summed E-state index contributed by atoms with van der Waals surface area (Å²) in [5, 5.41) is 17.8. The van der Waals surface area contributed by atoms with E-state index in [-0.39, 0.29) is 0 Å². The molecule has 7 rings (SSSR count). The maximum absolute atomic E-state index is 5.82. The van der Waals surface area contributed by atoms with E-state index in [0.29, 0.717) is 21.9 Å². The Balaban J connectivity index is 1.05. The molecule has 3 N–H and O–H groups in total. The Hall–Kier alpha value is -4.87. The van der Waals surface area contributed by atoms with Gasteiger partial charge in [-0.3, -0.25) is 9.88 Å². The van der Waals surface area contributed by atoms with Crippen molar-refractivity contribution in [2.45, 2.75) is 25.3 Å². The zero-order valence-corrected chi connectivity index (χ0v) is 23.6. The Kier molecular flexibility index (Phi) is 7.17. The fourth-order valence-electron chi connectivity index (χ4n) is 5.33. The number of nitrogen functional groups attached to an aromatic ring is 1. The van der Waals surface area contributed by atoms with Gasteiger partial charge in [0.2, 0.25) is 5.13 Å². The Morgan fingerprint density at radius 2 is 1.64 bits per heavy atom. The van der Waals surface area contributed by atoms with E-state index in [4.69, 9.17) is 10.7 Å². The van der Waals surface area contributed by atoms with Crippen molar-refractivity contribution in [1.29, 1.82) is 0 Å². The summed E-state index contributed by atoms with van der Waals surface area (Å²) in [6.45, 7) is 2.90. The third-order valence-electron chi connectivity index (χ3n) is 7.53. The molecule has 1 fully saturated rings. The molecule has 0 bridgehead atoms. The Morgan fingerprint density at radius 3 is 2.38 bits per heavy atom. The number of nitrogens with zero attached hydrogens (tertiary/aromatic N) is 8. The number of aromatic amines is 1. The molecular weight excluding hydrogens is 544 g/mol. The minimum Gasteiger partial charge on any atom is -0.374 e. The molecule has 42 heavy (non-hydrogen) atoms. The Labute approximate surface area is 246 Å². The summed E-state index contributed by atoms with van der Waals surface area (Å²) in [6.07, 6.45) is 5.70. The van der Waals surface area contributed by atoms with Crippen LogP contribution in [0.25, 0.3) is 44.7 Å². The van der Waals surface area contributed by atoms with Crippen LogP contribution in [-0.4, -0.2) is 58.3 Å².